The Bertz CT molecular complexity index is 445. The van der Waals surface area contributed by atoms with Crippen molar-refractivity contribution in [3.8, 4) is 0 Å². The number of nitrogens with two attached hydrogens (primary N) is 1. The summed E-state index contributed by atoms with van der Waals surface area (Å²) in [6, 6.07) is 10.6. The first-order valence-corrected chi connectivity index (χ1v) is 8.18. The minimum Gasteiger partial charge on any atom is -0.342 e. The van der Waals surface area contributed by atoms with Crippen molar-refractivity contribution in [2.45, 2.75) is 39.5 Å². The van der Waals surface area contributed by atoms with E-state index in [4.69, 9.17) is 5.73 Å². The summed E-state index contributed by atoms with van der Waals surface area (Å²) in [5.74, 6) is 0.853. The van der Waals surface area contributed by atoms with Gasteiger partial charge in [0.25, 0.3) is 0 Å². The maximum absolute atomic E-state index is 12.8. The molecule has 1 atom stereocenters. The summed E-state index contributed by atoms with van der Waals surface area (Å²) in [7, 11) is 0. The summed E-state index contributed by atoms with van der Waals surface area (Å²) in [6.07, 6.45) is 3.84. The second-order valence-electron chi connectivity index (χ2n) is 6.29. The van der Waals surface area contributed by atoms with Crippen LogP contribution in [0.3, 0.4) is 0 Å². The maximum Gasteiger partial charge on any atom is 0.230 e. The van der Waals surface area contributed by atoms with Crippen molar-refractivity contribution in [3.63, 3.8) is 0 Å². The third-order valence-corrected chi connectivity index (χ3v) is 5.14. The Labute approximate surface area is 128 Å². The van der Waals surface area contributed by atoms with Gasteiger partial charge in [-0.15, -0.1) is 0 Å². The third kappa shape index (κ3) is 3.46. The van der Waals surface area contributed by atoms with Crippen molar-refractivity contribution in [1.82, 2.24) is 4.90 Å². The molecule has 1 unspecified atom stereocenters. The fourth-order valence-electron chi connectivity index (χ4n) is 3.40. The van der Waals surface area contributed by atoms with E-state index in [1.807, 2.05) is 11.0 Å². The van der Waals surface area contributed by atoms with E-state index in [1.165, 1.54) is 5.56 Å². The van der Waals surface area contributed by atoms with Crippen LogP contribution in [0.25, 0.3) is 0 Å². The summed E-state index contributed by atoms with van der Waals surface area (Å²) in [6.45, 7) is 6.38. The van der Waals surface area contributed by atoms with Crippen molar-refractivity contribution in [2.75, 3.05) is 19.6 Å². The van der Waals surface area contributed by atoms with Crippen LogP contribution in [-0.4, -0.2) is 30.4 Å². The molecule has 3 nitrogen and oxygen atoms in total. The molecule has 1 saturated heterocycles. The molecule has 2 rings (SSSR count). The SMILES string of the molecule is CCC(CC)(CN)C(=O)N1CCC(Cc2ccccc2)C1. The highest BCUT2D eigenvalue weighted by atomic mass is 16.2. The molecule has 0 spiro atoms. The zero-order valence-electron chi connectivity index (χ0n) is 13.3. The van der Waals surface area contributed by atoms with Gasteiger partial charge in [-0.05, 0) is 37.2 Å². The van der Waals surface area contributed by atoms with Crippen molar-refractivity contribution < 1.29 is 4.79 Å². The van der Waals surface area contributed by atoms with Crippen LogP contribution >= 0.6 is 0 Å². The Morgan fingerprint density at radius 2 is 1.95 bits per heavy atom. The maximum atomic E-state index is 12.8. The van der Waals surface area contributed by atoms with Crippen LogP contribution in [-0.2, 0) is 11.2 Å². The van der Waals surface area contributed by atoms with Gasteiger partial charge < -0.3 is 10.6 Å². The summed E-state index contributed by atoms with van der Waals surface area (Å²) in [5.41, 5.74) is 6.93. The molecule has 0 radical (unpaired) electrons. The van der Waals surface area contributed by atoms with Crippen LogP contribution in [0, 0.1) is 11.3 Å². The van der Waals surface area contributed by atoms with E-state index in [0.29, 0.717) is 12.5 Å². The molecule has 2 N–H and O–H groups in total. The lowest BCUT2D eigenvalue weighted by Gasteiger charge is -2.33. The van der Waals surface area contributed by atoms with Crippen LogP contribution in [0.15, 0.2) is 30.3 Å². The summed E-state index contributed by atoms with van der Waals surface area (Å²) < 4.78 is 0. The molecular weight excluding hydrogens is 260 g/mol. The second-order valence-corrected chi connectivity index (χ2v) is 6.29. The normalized spacial score (nSPS) is 19.0. The number of rotatable bonds is 6. The van der Waals surface area contributed by atoms with E-state index in [2.05, 4.69) is 38.1 Å². The van der Waals surface area contributed by atoms with Crippen LogP contribution in [0.4, 0.5) is 0 Å². The zero-order chi connectivity index (χ0) is 15.3. The van der Waals surface area contributed by atoms with Crippen LogP contribution < -0.4 is 5.73 Å². The topological polar surface area (TPSA) is 46.3 Å². The van der Waals surface area contributed by atoms with Crippen LogP contribution in [0.2, 0.25) is 0 Å². The first kappa shape index (κ1) is 16.0. The quantitative estimate of drug-likeness (QED) is 0.875. The molecule has 1 amide bonds. The highest BCUT2D eigenvalue weighted by Gasteiger charge is 2.39. The van der Waals surface area contributed by atoms with Gasteiger partial charge in [0.2, 0.25) is 5.91 Å². The molecule has 1 aliphatic heterocycles. The second kappa shape index (κ2) is 7.08. The smallest absolute Gasteiger partial charge is 0.230 e. The predicted molar refractivity (Wildman–Crippen MR) is 86.9 cm³/mol. The van der Waals surface area contributed by atoms with Gasteiger partial charge in [-0.25, -0.2) is 0 Å². The average Bonchev–Trinajstić information content (AvgIpc) is 2.99. The van der Waals surface area contributed by atoms with Gasteiger partial charge in [0.05, 0.1) is 5.41 Å². The number of hydrogen-bond donors (Lipinski definition) is 1. The van der Waals surface area contributed by atoms with E-state index >= 15 is 0 Å². The number of nitrogens with zero attached hydrogens (tertiary/aromatic N) is 1. The van der Waals surface area contributed by atoms with E-state index in [0.717, 1.165) is 38.8 Å². The van der Waals surface area contributed by atoms with Crippen molar-refractivity contribution >= 4 is 5.91 Å². The highest BCUT2D eigenvalue weighted by molar-refractivity contribution is 5.83. The highest BCUT2D eigenvalue weighted by Crippen LogP contribution is 2.31. The molecule has 0 saturated carbocycles. The lowest BCUT2D eigenvalue weighted by atomic mass is 9.81. The van der Waals surface area contributed by atoms with Crippen molar-refractivity contribution in [2.24, 2.45) is 17.1 Å². The number of carbonyl (C=O) groups is 1. The number of likely N-dealkylation sites (tertiary alicyclic amines) is 1. The number of carbonyl (C=O) groups excluding carboxylic acids is 1. The van der Waals surface area contributed by atoms with Crippen LogP contribution in [0.5, 0.6) is 0 Å². The Hall–Kier alpha value is -1.35. The van der Waals surface area contributed by atoms with E-state index in [-0.39, 0.29) is 11.3 Å². The molecule has 1 fully saturated rings. The van der Waals surface area contributed by atoms with Crippen molar-refractivity contribution in [1.29, 1.82) is 0 Å². The molecule has 1 heterocycles. The first-order chi connectivity index (χ1) is 10.1. The van der Waals surface area contributed by atoms with E-state index < -0.39 is 0 Å². The largest absolute Gasteiger partial charge is 0.342 e. The molecule has 3 heteroatoms. The summed E-state index contributed by atoms with van der Waals surface area (Å²) in [4.78, 5) is 14.9. The van der Waals surface area contributed by atoms with Gasteiger partial charge in [0.1, 0.15) is 0 Å². The van der Waals surface area contributed by atoms with Crippen LogP contribution in [0.1, 0.15) is 38.7 Å². The minimum absolute atomic E-state index is 0.269. The molecule has 0 aliphatic carbocycles. The monoisotopic (exact) mass is 288 g/mol. The molecule has 1 aliphatic rings. The number of hydrogen-bond acceptors (Lipinski definition) is 2. The predicted octanol–water partition coefficient (Wildman–Crippen LogP) is 2.84. The molecular formula is C18H28N2O. The molecule has 21 heavy (non-hydrogen) atoms. The number of benzene rings is 1. The summed E-state index contributed by atoms with van der Waals surface area (Å²) >= 11 is 0. The molecule has 0 aromatic heterocycles. The molecule has 116 valence electrons. The first-order valence-electron chi connectivity index (χ1n) is 8.18. The van der Waals surface area contributed by atoms with Gasteiger partial charge in [-0.1, -0.05) is 44.2 Å². The molecule has 1 aromatic rings. The van der Waals surface area contributed by atoms with E-state index in [9.17, 15) is 4.79 Å². The minimum atomic E-state index is -0.346. The Kier molecular flexibility index (Phi) is 5.40. The molecule has 0 bridgehead atoms. The van der Waals surface area contributed by atoms with Gasteiger partial charge in [0, 0.05) is 19.6 Å². The standard InChI is InChI=1S/C18H28N2O/c1-3-18(4-2,14-19)17(21)20-11-10-16(13-20)12-15-8-6-5-7-9-15/h5-9,16H,3-4,10-14,19H2,1-2H3. The lowest BCUT2D eigenvalue weighted by Crippen LogP contribution is -2.46. The van der Waals surface area contributed by atoms with Gasteiger partial charge >= 0.3 is 0 Å². The fraction of sp³-hybridized carbons (Fsp3) is 0.611. The van der Waals surface area contributed by atoms with E-state index in [1.54, 1.807) is 0 Å². The van der Waals surface area contributed by atoms with Gasteiger partial charge in [-0.2, -0.15) is 0 Å². The van der Waals surface area contributed by atoms with Gasteiger partial charge in [0.15, 0.2) is 0 Å². The zero-order valence-corrected chi connectivity index (χ0v) is 13.3. The number of amides is 1. The Balaban J connectivity index is 1.97. The average molecular weight is 288 g/mol. The van der Waals surface area contributed by atoms with Crippen molar-refractivity contribution in [3.05, 3.63) is 35.9 Å². The molecule has 1 aromatic carbocycles. The van der Waals surface area contributed by atoms with Gasteiger partial charge in [-0.3, -0.25) is 4.79 Å². The Morgan fingerprint density at radius 1 is 1.29 bits per heavy atom. The third-order valence-electron chi connectivity index (χ3n) is 5.14. The Morgan fingerprint density at radius 3 is 2.52 bits per heavy atom. The lowest BCUT2D eigenvalue weighted by molar-refractivity contribution is -0.141. The fourth-order valence-corrected chi connectivity index (χ4v) is 3.40. The summed E-state index contributed by atoms with van der Waals surface area (Å²) in [5, 5.41) is 0.